The molecule has 2 saturated heterocycles. The van der Waals surface area contributed by atoms with Gasteiger partial charge in [-0.3, -0.25) is 14.5 Å². The van der Waals surface area contributed by atoms with E-state index in [0.29, 0.717) is 12.5 Å². The summed E-state index contributed by atoms with van der Waals surface area (Å²) >= 11 is 0. The number of hydrogen-bond acceptors (Lipinski definition) is 3. The molecule has 2 amide bonds. The molecule has 5 heteroatoms. The van der Waals surface area contributed by atoms with Crippen LogP contribution >= 0.6 is 0 Å². The number of amides is 2. The summed E-state index contributed by atoms with van der Waals surface area (Å²) in [7, 11) is 0. The number of likely N-dealkylation sites (tertiary alicyclic amines) is 2. The van der Waals surface area contributed by atoms with Crippen molar-refractivity contribution in [1.82, 2.24) is 9.80 Å². The number of carbonyl (C=O) groups is 2. The summed E-state index contributed by atoms with van der Waals surface area (Å²) in [4.78, 5) is 27.9. The normalized spacial score (nSPS) is 22.2. The molecule has 0 bridgehead atoms. The van der Waals surface area contributed by atoms with Crippen LogP contribution < -0.4 is 5.73 Å². The van der Waals surface area contributed by atoms with Crippen LogP contribution in [0.15, 0.2) is 30.3 Å². The summed E-state index contributed by atoms with van der Waals surface area (Å²) in [6, 6.07) is 10.3. The van der Waals surface area contributed by atoms with Gasteiger partial charge in [-0.1, -0.05) is 30.3 Å². The number of carbonyl (C=O) groups excluding carboxylic acids is 2. The Morgan fingerprint density at radius 2 is 1.76 bits per heavy atom. The Balaban J connectivity index is 1.41. The molecule has 3 rings (SSSR count). The minimum atomic E-state index is -0.301. The third-order valence-corrected chi connectivity index (χ3v) is 5.68. The summed E-state index contributed by atoms with van der Waals surface area (Å²) < 4.78 is 0. The van der Waals surface area contributed by atoms with Crippen LogP contribution in [0.5, 0.6) is 0 Å². The van der Waals surface area contributed by atoms with E-state index < -0.39 is 0 Å². The van der Waals surface area contributed by atoms with E-state index in [0.717, 1.165) is 51.7 Å². The highest BCUT2D eigenvalue weighted by molar-refractivity contribution is 5.82. The molecule has 1 aromatic carbocycles. The zero-order chi connectivity index (χ0) is 17.6. The number of nitrogens with zero attached hydrogens (tertiary/aromatic N) is 2. The Bertz CT molecular complexity index is 582. The van der Waals surface area contributed by atoms with Gasteiger partial charge in [-0.2, -0.15) is 0 Å². The zero-order valence-corrected chi connectivity index (χ0v) is 14.9. The summed E-state index contributed by atoms with van der Waals surface area (Å²) in [5.74, 6) is 0.550. The molecule has 5 nitrogen and oxygen atoms in total. The molecular weight excluding hydrogens is 314 g/mol. The SMILES string of the molecule is NC(=O)C1CCCN1CC(=O)N1CCC(CCc2ccccc2)CC1. The second kappa shape index (κ2) is 8.48. The fraction of sp³-hybridized carbons (Fsp3) is 0.600. The molecular formula is C20H29N3O2. The van der Waals surface area contributed by atoms with Crippen LogP contribution in [-0.2, 0) is 16.0 Å². The lowest BCUT2D eigenvalue weighted by Crippen LogP contribution is -2.48. The number of hydrogen-bond donors (Lipinski definition) is 1. The molecule has 2 aliphatic rings. The molecule has 2 heterocycles. The van der Waals surface area contributed by atoms with Gasteiger partial charge in [-0.25, -0.2) is 0 Å². The Hall–Kier alpha value is -1.88. The number of aryl methyl sites for hydroxylation is 1. The second-order valence-corrected chi connectivity index (χ2v) is 7.38. The number of primary amides is 1. The quantitative estimate of drug-likeness (QED) is 0.856. The van der Waals surface area contributed by atoms with Crippen molar-refractivity contribution in [1.29, 1.82) is 0 Å². The van der Waals surface area contributed by atoms with E-state index in [1.165, 1.54) is 12.0 Å². The zero-order valence-electron chi connectivity index (χ0n) is 14.9. The first-order valence-electron chi connectivity index (χ1n) is 9.48. The third-order valence-electron chi connectivity index (χ3n) is 5.68. The molecule has 1 unspecified atom stereocenters. The van der Waals surface area contributed by atoms with Gasteiger partial charge in [0.15, 0.2) is 0 Å². The van der Waals surface area contributed by atoms with Crippen molar-refractivity contribution in [2.45, 2.75) is 44.6 Å². The monoisotopic (exact) mass is 343 g/mol. The van der Waals surface area contributed by atoms with E-state index in [1.807, 2.05) is 9.80 Å². The number of benzene rings is 1. The van der Waals surface area contributed by atoms with Gasteiger partial charge in [0.1, 0.15) is 0 Å². The van der Waals surface area contributed by atoms with Crippen LogP contribution in [0, 0.1) is 5.92 Å². The summed E-state index contributed by atoms with van der Waals surface area (Å²) in [5.41, 5.74) is 6.83. The maximum atomic E-state index is 12.5. The molecule has 1 atom stereocenters. The van der Waals surface area contributed by atoms with Crippen LogP contribution in [0.1, 0.15) is 37.7 Å². The van der Waals surface area contributed by atoms with E-state index in [-0.39, 0.29) is 17.9 Å². The predicted molar refractivity (Wildman–Crippen MR) is 97.9 cm³/mol. The van der Waals surface area contributed by atoms with Crippen molar-refractivity contribution in [3.05, 3.63) is 35.9 Å². The molecule has 136 valence electrons. The lowest BCUT2D eigenvalue weighted by molar-refractivity contribution is -0.134. The molecule has 2 N–H and O–H groups in total. The molecule has 2 fully saturated rings. The Labute approximate surface area is 150 Å². The van der Waals surface area contributed by atoms with Crippen molar-refractivity contribution in [3.8, 4) is 0 Å². The van der Waals surface area contributed by atoms with Gasteiger partial charge in [-0.05, 0) is 56.6 Å². The van der Waals surface area contributed by atoms with Gasteiger partial charge in [0.05, 0.1) is 12.6 Å². The average molecular weight is 343 g/mol. The minimum Gasteiger partial charge on any atom is -0.368 e. The predicted octanol–water partition coefficient (Wildman–Crippen LogP) is 1.81. The van der Waals surface area contributed by atoms with Crippen LogP contribution in [0.2, 0.25) is 0 Å². The lowest BCUT2D eigenvalue weighted by atomic mass is 9.90. The Morgan fingerprint density at radius 1 is 1.04 bits per heavy atom. The van der Waals surface area contributed by atoms with Gasteiger partial charge < -0.3 is 10.6 Å². The van der Waals surface area contributed by atoms with Crippen LogP contribution in [0.4, 0.5) is 0 Å². The standard InChI is InChI=1S/C20H29N3O2/c21-20(25)18-7-4-12-23(18)15-19(24)22-13-10-17(11-14-22)9-8-16-5-2-1-3-6-16/h1-3,5-6,17-18H,4,7-15H2,(H2,21,25). The van der Waals surface area contributed by atoms with Gasteiger partial charge >= 0.3 is 0 Å². The lowest BCUT2D eigenvalue weighted by Gasteiger charge is -2.33. The van der Waals surface area contributed by atoms with E-state index >= 15 is 0 Å². The molecule has 0 aromatic heterocycles. The molecule has 0 aliphatic carbocycles. The second-order valence-electron chi connectivity index (χ2n) is 7.38. The van der Waals surface area contributed by atoms with Crippen molar-refractivity contribution < 1.29 is 9.59 Å². The van der Waals surface area contributed by atoms with Crippen molar-refractivity contribution in [2.75, 3.05) is 26.2 Å². The molecule has 0 saturated carbocycles. The third kappa shape index (κ3) is 4.82. The number of nitrogens with two attached hydrogens (primary N) is 1. The summed E-state index contributed by atoms with van der Waals surface area (Å²) in [6.07, 6.45) is 6.21. The van der Waals surface area contributed by atoms with Crippen LogP contribution in [-0.4, -0.2) is 53.8 Å². The van der Waals surface area contributed by atoms with Gasteiger partial charge in [-0.15, -0.1) is 0 Å². The highest BCUT2D eigenvalue weighted by Crippen LogP contribution is 2.23. The van der Waals surface area contributed by atoms with E-state index in [1.54, 1.807) is 0 Å². The van der Waals surface area contributed by atoms with E-state index in [9.17, 15) is 9.59 Å². The Kier molecular flexibility index (Phi) is 6.08. The largest absolute Gasteiger partial charge is 0.368 e. The highest BCUT2D eigenvalue weighted by Gasteiger charge is 2.32. The number of piperidine rings is 1. The fourth-order valence-electron chi connectivity index (χ4n) is 4.10. The van der Waals surface area contributed by atoms with Gasteiger partial charge in [0, 0.05) is 13.1 Å². The molecule has 0 spiro atoms. The Morgan fingerprint density at radius 3 is 2.44 bits per heavy atom. The first kappa shape index (κ1) is 17.9. The van der Waals surface area contributed by atoms with Crippen molar-refractivity contribution in [2.24, 2.45) is 11.7 Å². The van der Waals surface area contributed by atoms with Crippen LogP contribution in [0.3, 0.4) is 0 Å². The summed E-state index contributed by atoms with van der Waals surface area (Å²) in [5, 5.41) is 0. The minimum absolute atomic E-state index is 0.148. The van der Waals surface area contributed by atoms with Crippen molar-refractivity contribution in [3.63, 3.8) is 0 Å². The highest BCUT2D eigenvalue weighted by atomic mass is 16.2. The maximum Gasteiger partial charge on any atom is 0.236 e. The first-order chi connectivity index (χ1) is 12.1. The number of rotatable bonds is 6. The van der Waals surface area contributed by atoms with Gasteiger partial charge in [0.2, 0.25) is 11.8 Å². The summed E-state index contributed by atoms with van der Waals surface area (Å²) in [6.45, 7) is 2.82. The van der Waals surface area contributed by atoms with E-state index in [2.05, 4.69) is 30.3 Å². The van der Waals surface area contributed by atoms with Crippen molar-refractivity contribution >= 4 is 11.8 Å². The smallest absolute Gasteiger partial charge is 0.236 e. The van der Waals surface area contributed by atoms with Gasteiger partial charge in [0.25, 0.3) is 0 Å². The molecule has 25 heavy (non-hydrogen) atoms. The molecule has 0 radical (unpaired) electrons. The topological polar surface area (TPSA) is 66.6 Å². The average Bonchev–Trinajstić information content (AvgIpc) is 3.09. The molecule has 2 aliphatic heterocycles. The first-order valence-corrected chi connectivity index (χ1v) is 9.48. The maximum absolute atomic E-state index is 12.5. The van der Waals surface area contributed by atoms with Crippen LogP contribution in [0.25, 0.3) is 0 Å². The fourth-order valence-corrected chi connectivity index (χ4v) is 4.10. The molecule has 1 aromatic rings. The van der Waals surface area contributed by atoms with E-state index in [4.69, 9.17) is 5.73 Å².